The Balaban J connectivity index is 2.18. The van der Waals surface area contributed by atoms with Gasteiger partial charge < -0.3 is 4.74 Å². The van der Waals surface area contributed by atoms with Crippen molar-refractivity contribution in [3.8, 4) is 22.7 Å². The van der Waals surface area contributed by atoms with Crippen LogP contribution in [0.25, 0.3) is 16.9 Å². The first-order valence-electron chi connectivity index (χ1n) is 6.85. The average Bonchev–Trinajstić information content (AvgIpc) is 2.99. The van der Waals surface area contributed by atoms with Gasteiger partial charge in [-0.2, -0.15) is 0 Å². The molecule has 1 heterocycles. The number of aryl methyl sites for hydroxylation is 1. The van der Waals surface area contributed by atoms with Crippen LogP contribution in [0.15, 0.2) is 48.5 Å². The highest BCUT2D eigenvalue weighted by atomic mass is 16.5. The van der Waals surface area contributed by atoms with Crippen LogP contribution in [0.3, 0.4) is 0 Å². The van der Waals surface area contributed by atoms with Crippen molar-refractivity contribution < 1.29 is 9.53 Å². The van der Waals surface area contributed by atoms with Crippen molar-refractivity contribution in [2.24, 2.45) is 0 Å². The van der Waals surface area contributed by atoms with E-state index in [1.54, 1.807) is 11.8 Å². The molecule has 3 aromatic rings. The molecule has 0 saturated heterocycles. The van der Waals surface area contributed by atoms with Crippen LogP contribution in [0.1, 0.15) is 16.1 Å². The second-order valence-electron chi connectivity index (χ2n) is 4.92. The van der Waals surface area contributed by atoms with Crippen molar-refractivity contribution in [2.75, 3.05) is 7.11 Å². The largest absolute Gasteiger partial charge is 0.497 e. The standard InChI is InChI=1S/C17H15N3O2/c1-12-6-8-13(9-7-12)17-16(11-21)18-19-20(17)14-4-3-5-15(10-14)22-2/h3-11H,1-2H3. The van der Waals surface area contributed by atoms with E-state index in [1.807, 2.05) is 55.5 Å². The molecule has 0 aliphatic carbocycles. The van der Waals surface area contributed by atoms with Crippen LogP contribution in [0, 0.1) is 6.92 Å². The third-order valence-corrected chi connectivity index (χ3v) is 3.43. The molecule has 0 atom stereocenters. The SMILES string of the molecule is COc1cccc(-n2nnc(C=O)c2-c2ccc(C)cc2)c1. The molecule has 3 rings (SSSR count). The van der Waals surface area contributed by atoms with Gasteiger partial charge in [-0.3, -0.25) is 4.79 Å². The van der Waals surface area contributed by atoms with Gasteiger partial charge in [-0.05, 0) is 19.1 Å². The molecule has 0 aliphatic rings. The number of methoxy groups -OCH3 is 1. The van der Waals surface area contributed by atoms with Crippen molar-refractivity contribution in [3.63, 3.8) is 0 Å². The highest BCUT2D eigenvalue weighted by molar-refractivity contribution is 5.84. The maximum absolute atomic E-state index is 11.3. The minimum Gasteiger partial charge on any atom is -0.497 e. The van der Waals surface area contributed by atoms with E-state index in [1.165, 1.54) is 0 Å². The number of nitrogens with zero attached hydrogens (tertiary/aromatic N) is 3. The monoisotopic (exact) mass is 293 g/mol. The third kappa shape index (κ3) is 2.48. The average molecular weight is 293 g/mol. The van der Waals surface area contributed by atoms with E-state index in [0.717, 1.165) is 28.8 Å². The Morgan fingerprint density at radius 2 is 1.91 bits per heavy atom. The van der Waals surface area contributed by atoms with E-state index in [0.29, 0.717) is 11.4 Å². The lowest BCUT2D eigenvalue weighted by atomic mass is 10.1. The maximum Gasteiger partial charge on any atom is 0.172 e. The molecule has 5 nitrogen and oxygen atoms in total. The first-order chi connectivity index (χ1) is 10.7. The molecule has 5 heteroatoms. The van der Waals surface area contributed by atoms with Gasteiger partial charge in [0.25, 0.3) is 0 Å². The van der Waals surface area contributed by atoms with Gasteiger partial charge in [0.05, 0.1) is 12.8 Å². The Morgan fingerprint density at radius 1 is 1.14 bits per heavy atom. The lowest BCUT2D eigenvalue weighted by Gasteiger charge is -2.08. The molecule has 0 aliphatic heterocycles. The molecule has 0 unspecified atom stereocenters. The molecule has 110 valence electrons. The smallest absolute Gasteiger partial charge is 0.172 e. The molecule has 1 aromatic heterocycles. The molecule has 0 saturated carbocycles. The van der Waals surface area contributed by atoms with Crippen LogP contribution in [0.5, 0.6) is 5.75 Å². The van der Waals surface area contributed by atoms with Crippen molar-refractivity contribution in [3.05, 3.63) is 59.8 Å². The zero-order chi connectivity index (χ0) is 15.5. The van der Waals surface area contributed by atoms with Crippen molar-refractivity contribution in [1.29, 1.82) is 0 Å². The van der Waals surface area contributed by atoms with Gasteiger partial charge in [0, 0.05) is 11.6 Å². The first-order valence-corrected chi connectivity index (χ1v) is 6.85. The predicted octanol–water partition coefficient (Wildman–Crippen LogP) is 3.06. The van der Waals surface area contributed by atoms with Gasteiger partial charge in [-0.15, -0.1) is 5.10 Å². The summed E-state index contributed by atoms with van der Waals surface area (Å²) in [5, 5.41) is 8.08. The number of benzene rings is 2. The second kappa shape index (κ2) is 5.81. The summed E-state index contributed by atoms with van der Waals surface area (Å²) < 4.78 is 6.89. The summed E-state index contributed by atoms with van der Waals surface area (Å²) in [6.07, 6.45) is 0.721. The lowest BCUT2D eigenvalue weighted by molar-refractivity contribution is 0.111. The summed E-state index contributed by atoms with van der Waals surface area (Å²) in [4.78, 5) is 11.3. The number of rotatable bonds is 4. The maximum atomic E-state index is 11.3. The van der Waals surface area contributed by atoms with E-state index in [9.17, 15) is 4.79 Å². The van der Waals surface area contributed by atoms with E-state index >= 15 is 0 Å². The Kier molecular flexibility index (Phi) is 3.70. The highest BCUT2D eigenvalue weighted by Gasteiger charge is 2.16. The molecule has 0 N–H and O–H groups in total. The summed E-state index contributed by atoms with van der Waals surface area (Å²) in [5.41, 5.74) is 3.81. The second-order valence-corrected chi connectivity index (χ2v) is 4.92. The fourth-order valence-corrected chi connectivity index (χ4v) is 2.28. The number of hydrogen-bond donors (Lipinski definition) is 0. The Morgan fingerprint density at radius 3 is 2.59 bits per heavy atom. The van der Waals surface area contributed by atoms with E-state index in [-0.39, 0.29) is 0 Å². The van der Waals surface area contributed by atoms with E-state index in [2.05, 4.69) is 10.3 Å². The molecule has 0 spiro atoms. The van der Waals surface area contributed by atoms with E-state index < -0.39 is 0 Å². The Hall–Kier alpha value is -2.95. The van der Waals surface area contributed by atoms with Gasteiger partial charge in [0.2, 0.25) is 0 Å². The summed E-state index contributed by atoms with van der Waals surface area (Å²) in [5.74, 6) is 0.718. The minimum atomic E-state index is 0.312. The van der Waals surface area contributed by atoms with E-state index in [4.69, 9.17) is 4.74 Å². The molecule has 0 radical (unpaired) electrons. The molecule has 0 amide bonds. The molecular weight excluding hydrogens is 278 g/mol. The summed E-state index contributed by atoms with van der Waals surface area (Å²) in [6, 6.07) is 15.4. The number of hydrogen-bond acceptors (Lipinski definition) is 4. The fraction of sp³-hybridized carbons (Fsp3) is 0.118. The number of aldehydes is 1. The fourth-order valence-electron chi connectivity index (χ4n) is 2.28. The van der Waals surface area contributed by atoms with Crippen LogP contribution in [-0.2, 0) is 0 Å². The Labute approximate surface area is 128 Å². The van der Waals surface area contributed by atoms with Gasteiger partial charge in [-0.25, -0.2) is 4.68 Å². The third-order valence-electron chi connectivity index (χ3n) is 3.43. The number of ether oxygens (including phenoxy) is 1. The topological polar surface area (TPSA) is 57.0 Å². The highest BCUT2D eigenvalue weighted by Crippen LogP contribution is 2.26. The van der Waals surface area contributed by atoms with Crippen LogP contribution >= 0.6 is 0 Å². The van der Waals surface area contributed by atoms with Gasteiger partial charge >= 0.3 is 0 Å². The van der Waals surface area contributed by atoms with Crippen LogP contribution < -0.4 is 4.74 Å². The summed E-state index contributed by atoms with van der Waals surface area (Å²) >= 11 is 0. The molecule has 0 bridgehead atoms. The Bertz CT molecular complexity index is 807. The first kappa shape index (κ1) is 14.0. The number of carbonyl (C=O) groups is 1. The van der Waals surface area contributed by atoms with Gasteiger partial charge in [0.15, 0.2) is 12.0 Å². The molecule has 22 heavy (non-hydrogen) atoms. The summed E-state index contributed by atoms with van der Waals surface area (Å²) in [6.45, 7) is 2.02. The van der Waals surface area contributed by atoms with Crippen LogP contribution in [0.4, 0.5) is 0 Å². The zero-order valence-corrected chi connectivity index (χ0v) is 12.4. The minimum absolute atomic E-state index is 0.312. The quantitative estimate of drug-likeness (QED) is 0.694. The normalized spacial score (nSPS) is 10.5. The number of carbonyl (C=O) groups excluding carboxylic acids is 1. The van der Waals surface area contributed by atoms with Gasteiger partial charge in [0.1, 0.15) is 11.4 Å². The number of aromatic nitrogens is 3. The molecule has 0 fully saturated rings. The van der Waals surface area contributed by atoms with Gasteiger partial charge in [-0.1, -0.05) is 41.1 Å². The zero-order valence-electron chi connectivity index (χ0n) is 12.4. The molecule has 2 aromatic carbocycles. The van der Waals surface area contributed by atoms with Crippen molar-refractivity contribution in [1.82, 2.24) is 15.0 Å². The summed E-state index contributed by atoms with van der Waals surface area (Å²) in [7, 11) is 1.61. The van der Waals surface area contributed by atoms with Crippen LogP contribution in [-0.4, -0.2) is 28.4 Å². The van der Waals surface area contributed by atoms with Crippen molar-refractivity contribution >= 4 is 6.29 Å². The van der Waals surface area contributed by atoms with Crippen molar-refractivity contribution in [2.45, 2.75) is 6.92 Å². The molecular formula is C17H15N3O2. The lowest BCUT2D eigenvalue weighted by Crippen LogP contribution is -2.00. The van der Waals surface area contributed by atoms with Crippen LogP contribution in [0.2, 0.25) is 0 Å². The predicted molar refractivity (Wildman–Crippen MR) is 83.5 cm³/mol.